The Labute approximate surface area is 98.3 Å². The van der Waals surface area contributed by atoms with Crippen molar-refractivity contribution in [1.29, 1.82) is 0 Å². The van der Waals surface area contributed by atoms with E-state index in [0.29, 0.717) is 11.8 Å². The third kappa shape index (κ3) is 2.84. The van der Waals surface area contributed by atoms with Gasteiger partial charge in [0.1, 0.15) is 0 Å². The van der Waals surface area contributed by atoms with E-state index in [2.05, 4.69) is 41.8 Å². The topological polar surface area (TPSA) is 26.0 Å². The van der Waals surface area contributed by atoms with Gasteiger partial charge in [-0.15, -0.1) is 23.1 Å². The molecular weight excluding hydrogens is 222 g/mol. The van der Waals surface area contributed by atoms with Crippen LogP contribution in [0.4, 0.5) is 0 Å². The van der Waals surface area contributed by atoms with Gasteiger partial charge in [-0.05, 0) is 23.6 Å². The predicted molar refractivity (Wildman–Crippen MR) is 68.4 cm³/mol. The zero-order valence-corrected chi connectivity index (χ0v) is 9.93. The van der Waals surface area contributed by atoms with Crippen LogP contribution in [0.15, 0.2) is 52.7 Å². The molecule has 1 unspecified atom stereocenters. The minimum absolute atomic E-state index is 0.382. The van der Waals surface area contributed by atoms with Crippen molar-refractivity contribution >= 4 is 23.1 Å². The van der Waals surface area contributed by atoms with Gasteiger partial charge in [-0.1, -0.05) is 24.3 Å². The number of rotatable bonds is 4. The SMILES string of the molecule is NCC(Sc1ccccc1)c1cccs1. The van der Waals surface area contributed by atoms with Crippen LogP contribution in [-0.4, -0.2) is 6.54 Å². The third-order valence-corrected chi connectivity index (χ3v) is 4.51. The summed E-state index contributed by atoms with van der Waals surface area (Å²) in [5.41, 5.74) is 5.80. The molecule has 0 aliphatic heterocycles. The Hall–Kier alpha value is -0.770. The summed E-state index contributed by atoms with van der Waals surface area (Å²) < 4.78 is 0. The van der Waals surface area contributed by atoms with Crippen molar-refractivity contribution in [3.63, 3.8) is 0 Å². The lowest BCUT2D eigenvalue weighted by Gasteiger charge is -2.12. The second-order valence-corrected chi connectivity index (χ2v) is 5.43. The number of hydrogen-bond acceptors (Lipinski definition) is 3. The van der Waals surface area contributed by atoms with Gasteiger partial charge < -0.3 is 5.73 Å². The average molecular weight is 235 g/mol. The van der Waals surface area contributed by atoms with Crippen molar-refractivity contribution in [3.8, 4) is 0 Å². The molecule has 0 spiro atoms. The Balaban J connectivity index is 2.10. The lowest BCUT2D eigenvalue weighted by Crippen LogP contribution is -2.07. The maximum atomic E-state index is 5.80. The van der Waals surface area contributed by atoms with Crippen molar-refractivity contribution < 1.29 is 0 Å². The van der Waals surface area contributed by atoms with E-state index in [0.717, 1.165) is 0 Å². The number of nitrogens with two attached hydrogens (primary N) is 1. The zero-order valence-electron chi connectivity index (χ0n) is 8.30. The fraction of sp³-hybridized carbons (Fsp3) is 0.167. The molecule has 78 valence electrons. The van der Waals surface area contributed by atoms with Crippen LogP contribution in [0, 0.1) is 0 Å². The van der Waals surface area contributed by atoms with E-state index in [1.807, 2.05) is 17.8 Å². The maximum absolute atomic E-state index is 5.80. The molecule has 15 heavy (non-hydrogen) atoms. The number of hydrogen-bond donors (Lipinski definition) is 1. The van der Waals surface area contributed by atoms with Crippen LogP contribution in [0.1, 0.15) is 10.1 Å². The second kappa shape index (κ2) is 5.35. The highest BCUT2D eigenvalue weighted by molar-refractivity contribution is 7.99. The predicted octanol–water partition coefficient (Wildman–Crippen LogP) is 3.54. The first kappa shape index (κ1) is 10.7. The van der Waals surface area contributed by atoms with Gasteiger partial charge >= 0.3 is 0 Å². The van der Waals surface area contributed by atoms with E-state index in [-0.39, 0.29) is 0 Å². The van der Waals surface area contributed by atoms with Crippen LogP contribution in [0.25, 0.3) is 0 Å². The van der Waals surface area contributed by atoms with Crippen molar-refractivity contribution in [2.45, 2.75) is 10.1 Å². The van der Waals surface area contributed by atoms with Crippen LogP contribution in [-0.2, 0) is 0 Å². The molecule has 0 radical (unpaired) electrons. The minimum Gasteiger partial charge on any atom is -0.329 e. The van der Waals surface area contributed by atoms with Crippen molar-refractivity contribution in [2.75, 3.05) is 6.54 Å². The molecule has 0 aliphatic carbocycles. The molecule has 3 heteroatoms. The van der Waals surface area contributed by atoms with Gasteiger partial charge in [0, 0.05) is 16.3 Å². The van der Waals surface area contributed by atoms with Crippen molar-refractivity contribution in [2.24, 2.45) is 5.73 Å². The zero-order chi connectivity index (χ0) is 10.5. The molecule has 1 nitrogen and oxygen atoms in total. The Morgan fingerprint density at radius 3 is 2.53 bits per heavy atom. The van der Waals surface area contributed by atoms with E-state index >= 15 is 0 Å². The first-order valence-corrected chi connectivity index (χ1v) is 6.61. The summed E-state index contributed by atoms with van der Waals surface area (Å²) in [4.78, 5) is 2.63. The van der Waals surface area contributed by atoms with Gasteiger partial charge in [-0.25, -0.2) is 0 Å². The summed E-state index contributed by atoms with van der Waals surface area (Å²) >= 11 is 3.61. The van der Waals surface area contributed by atoms with Gasteiger partial charge in [0.15, 0.2) is 0 Å². The first-order valence-electron chi connectivity index (χ1n) is 4.85. The molecule has 1 aromatic heterocycles. The van der Waals surface area contributed by atoms with E-state index in [4.69, 9.17) is 5.73 Å². The van der Waals surface area contributed by atoms with Crippen molar-refractivity contribution in [1.82, 2.24) is 0 Å². The molecule has 1 aromatic carbocycles. The van der Waals surface area contributed by atoms with Crippen LogP contribution in [0.2, 0.25) is 0 Å². The molecule has 0 aliphatic rings. The monoisotopic (exact) mass is 235 g/mol. The first-order chi connectivity index (χ1) is 7.40. The minimum atomic E-state index is 0.382. The Bertz CT molecular complexity index is 383. The number of thioether (sulfide) groups is 1. The van der Waals surface area contributed by atoms with Gasteiger partial charge in [0.05, 0.1) is 5.25 Å². The molecule has 2 N–H and O–H groups in total. The molecule has 0 saturated heterocycles. The summed E-state index contributed by atoms with van der Waals surface area (Å²) in [7, 11) is 0. The highest BCUT2D eigenvalue weighted by atomic mass is 32.2. The van der Waals surface area contributed by atoms with Crippen molar-refractivity contribution in [3.05, 3.63) is 52.7 Å². The molecule has 1 atom stereocenters. The normalized spacial score (nSPS) is 12.6. The molecule has 2 rings (SSSR count). The lowest BCUT2D eigenvalue weighted by atomic mass is 10.3. The van der Waals surface area contributed by atoms with E-state index < -0.39 is 0 Å². The Kier molecular flexibility index (Phi) is 3.83. The quantitative estimate of drug-likeness (QED) is 0.820. The standard InChI is InChI=1S/C12H13NS2/c13-9-12(11-7-4-8-14-11)15-10-5-2-1-3-6-10/h1-8,12H,9,13H2. The van der Waals surface area contributed by atoms with Crippen LogP contribution in [0.5, 0.6) is 0 Å². The summed E-state index contributed by atoms with van der Waals surface area (Å²) in [5.74, 6) is 0. The lowest BCUT2D eigenvalue weighted by molar-refractivity contribution is 0.960. The second-order valence-electron chi connectivity index (χ2n) is 3.17. The summed E-state index contributed by atoms with van der Waals surface area (Å²) in [6.07, 6.45) is 0. The van der Waals surface area contributed by atoms with E-state index in [9.17, 15) is 0 Å². The van der Waals surface area contributed by atoms with Gasteiger partial charge in [0.2, 0.25) is 0 Å². The largest absolute Gasteiger partial charge is 0.329 e. The average Bonchev–Trinajstić information content (AvgIpc) is 2.81. The molecule has 2 aromatic rings. The van der Waals surface area contributed by atoms with Gasteiger partial charge in [-0.3, -0.25) is 0 Å². The Morgan fingerprint density at radius 1 is 1.13 bits per heavy atom. The van der Waals surface area contributed by atoms with Gasteiger partial charge in [-0.2, -0.15) is 0 Å². The molecule has 1 heterocycles. The molecule has 0 fully saturated rings. The molecule has 0 amide bonds. The summed E-state index contributed by atoms with van der Waals surface area (Å²) in [5, 5.41) is 2.48. The van der Waals surface area contributed by atoms with E-state index in [1.54, 1.807) is 11.3 Å². The van der Waals surface area contributed by atoms with Crippen LogP contribution < -0.4 is 5.73 Å². The third-order valence-electron chi connectivity index (χ3n) is 2.10. The van der Waals surface area contributed by atoms with E-state index in [1.165, 1.54) is 9.77 Å². The fourth-order valence-corrected chi connectivity index (χ4v) is 3.32. The van der Waals surface area contributed by atoms with Crippen LogP contribution in [0.3, 0.4) is 0 Å². The maximum Gasteiger partial charge on any atom is 0.0560 e. The van der Waals surface area contributed by atoms with Gasteiger partial charge in [0.25, 0.3) is 0 Å². The van der Waals surface area contributed by atoms with Crippen LogP contribution >= 0.6 is 23.1 Å². The summed E-state index contributed by atoms with van der Waals surface area (Å²) in [6, 6.07) is 14.6. The fourth-order valence-electron chi connectivity index (χ4n) is 1.36. The molecule has 0 saturated carbocycles. The smallest absolute Gasteiger partial charge is 0.0560 e. The highest BCUT2D eigenvalue weighted by Gasteiger charge is 2.11. The molecular formula is C12H13NS2. The Morgan fingerprint density at radius 2 is 1.93 bits per heavy atom. The molecule has 0 bridgehead atoms. The summed E-state index contributed by atoms with van der Waals surface area (Å²) in [6.45, 7) is 0.681. The number of thiophene rings is 1. The highest BCUT2D eigenvalue weighted by Crippen LogP contribution is 2.36. The number of benzene rings is 1.